The monoisotopic (exact) mass is 361 g/mol. The van der Waals surface area contributed by atoms with Crippen LogP contribution in [-0.4, -0.2) is 34.6 Å². The van der Waals surface area contributed by atoms with Crippen molar-refractivity contribution >= 4 is 12.2 Å². The number of aromatic nitrogens is 2. The van der Waals surface area contributed by atoms with E-state index in [0.717, 1.165) is 41.3 Å². The van der Waals surface area contributed by atoms with Crippen LogP contribution in [0.5, 0.6) is 11.5 Å². The number of H-pyrrole nitrogens is 2. The van der Waals surface area contributed by atoms with Crippen LogP contribution in [-0.2, 0) is 19.5 Å². The first-order valence-corrected chi connectivity index (χ1v) is 8.97. The Labute approximate surface area is 151 Å². The summed E-state index contributed by atoms with van der Waals surface area (Å²) in [5.74, 6) is 1.56. The number of para-hydroxylation sites is 1. The molecule has 0 unspecified atom stereocenters. The number of benzene rings is 1. The van der Waals surface area contributed by atoms with Gasteiger partial charge in [0, 0.05) is 37.3 Å². The van der Waals surface area contributed by atoms with E-state index in [0.29, 0.717) is 31.1 Å². The number of fused-ring (bicyclic) bond motifs is 1. The van der Waals surface area contributed by atoms with Crippen LogP contribution in [0.25, 0.3) is 0 Å². The second-order valence-corrected chi connectivity index (χ2v) is 6.34. The third-order valence-electron chi connectivity index (χ3n) is 4.23. The molecule has 1 aromatic heterocycles. The molecule has 1 aliphatic rings. The molecule has 2 aromatic rings. The zero-order valence-corrected chi connectivity index (χ0v) is 15.4. The predicted octanol–water partition coefficient (Wildman–Crippen LogP) is 2.79. The van der Waals surface area contributed by atoms with Crippen molar-refractivity contribution in [3.63, 3.8) is 0 Å². The Morgan fingerprint density at radius 2 is 2.00 bits per heavy atom. The lowest BCUT2D eigenvalue weighted by Gasteiger charge is -2.28. The van der Waals surface area contributed by atoms with Gasteiger partial charge in [-0.15, -0.1) is 0 Å². The molecule has 7 heteroatoms. The fourth-order valence-electron chi connectivity index (χ4n) is 3.15. The summed E-state index contributed by atoms with van der Waals surface area (Å²) in [5, 5.41) is 0. The minimum absolute atomic E-state index is 0.100. The fraction of sp³-hybridized carbons (Fsp3) is 0.444. The van der Waals surface area contributed by atoms with Crippen molar-refractivity contribution in [3.05, 3.63) is 50.1 Å². The maximum absolute atomic E-state index is 12.2. The Kier molecular flexibility index (Phi) is 5.55. The molecule has 6 nitrogen and oxygen atoms in total. The van der Waals surface area contributed by atoms with Crippen molar-refractivity contribution in [1.82, 2.24) is 14.9 Å². The van der Waals surface area contributed by atoms with E-state index in [4.69, 9.17) is 21.7 Å². The number of ether oxygens (including phenoxy) is 2. The van der Waals surface area contributed by atoms with Gasteiger partial charge in [0.25, 0.3) is 5.56 Å². The first-order chi connectivity index (χ1) is 12.1. The zero-order valence-electron chi connectivity index (χ0n) is 14.6. The number of hydrogen-bond donors (Lipinski definition) is 2. The summed E-state index contributed by atoms with van der Waals surface area (Å²) in [6, 6.07) is 5.95. The molecule has 1 aliphatic heterocycles. The van der Waals surface area contributed by atoms with Crippen LogP contribution in [0.1, 0.15) is 30.7 Å². The third kappa shape index (κ3) is 3.93. The van der Waals surface area contributed by atoms with Crippen molar-refractivity contribution in [2.45, 2.75) is 33.4 Å². The van der Waals surface area contributed by atoms with Gasteiger partial charge in [-0.25, -0.2) is 0 Å². The maximum Gasteiger partial charge on any atom is 0.256 e. The fourth-order valence-corrected chi connectivity index (χ4v) is 3.37. The predicted molar refractivity (Wildman–Crippen MR) is 98.8 cm³/mol. The van der Waals surface area contributed by atoms with Crippen molar-refractivity contribution in [2.24, 2.45) is 0 Å². The second-order valence-electron chi connectivity index (χ2n) is 5.94. The van der Waals surface area contributed by atoms with Gasteiger partial charge in [0.05, 0.1) is 18.8 Å². The summed E-state index contributed by atoms with van der Waals surface area (Å²) in [6.45, 7) is 7.23. The normalized spacial score (nSPS) is 14.2. The van der Waals surface area contributed by atoms with E-state index < -0.39 is 0 Å². The average molecular weight is 361 g/mol. The van der Waals surface area contributed by atoms with Gasteiger partial charge in [0.15, 0.2) is 16.3 Å². The highest BCUT2D eigenvalue weighted by atomic mass is 32.1. The van der Waals surface area contributed by atoms with Gasteiger partial charge in [-0.1, -0.05) is 12.1 Å². The summed E-state index contributed by atoms with van der Waals surface area (Å²) in [4.78, 5) is 20.2. The van der Waals surface area contributed by atoms with Crippen LogP contribution < -0.4 is 15.0 Å². The first-order valence-electron chi connectivity index (χ1n) is 8.56. The smallest absolute Gasteiger partial charge is 0.256 e. The summed E-state index contributed by atoms with van der Waals surface area (Å²) < 4.78 is 11.9. The molecule has 0 aliphatic carbocycles. The highest BCUT2D eigenvalue weighted by Gasteiger charge is 2.21. The minimum Gasteiger partial charge on any atom is -0.490 e. The van der Waals surface area contributed by atoms with E-state index in [1.807, 2.05) is 32.0 Å². The second kappa shape index (κ2) is 7.84. The SMILES string of the molecule is CCOc1cccc(CN2CCc3[nH]c(=S)[nH]c(=O)c3C2)c1OCC. The van der Waals surface area contributed by atoms with Crippen LogP contribution >= 0.6 is 12.2 Å². The molecule has 0 saturated carbocycles. The Bertz CT molecular complexity index is 859. The van der Waals surface area contributed by atoms with E-state index in [-0.39, 0.29) is 5.56 Å². The standard InChI is InChI=1S/C18H23N3O3S/c1-3-23-15-7-5-6-12(16(15)24-4-2)10-21-9-8-14-13(11-21)17(22)20-18(25)19-14/h5-7H,3-4,8-11H2,1-2H3,(H2,19,20,22,25). The number of nitrogens with one attached hydrogen (secondary N) is 2. The van der Waals surface area contributed by atoms with Gasteiger partial charge >= 0.3 is 0 Å². The Hall–Kier alpha value is -2.12. The van der Waals surface area contributed by atoms with E-state index in [1.165, 1.54) is 0 Å². The highest BCUT2D eigenvalue weighted by Crippen LogP contribution is 2.33. The van der Waals surface area contributed by atoms with Gasteiger partial charge < -0.3 is 14.5 Å². The van der Waals surface area contributed by atoms with E-state index >= 15 is 0 Å². The van der Waals surface area contributed by atoms with Crippen molar-refractivity contribution in [1.29, 1.82) is 0 Å². The number of nitrogens with zero attached hydrogens (tertiary/aromatic N) is 1. The average Bonchev–Trinajstić information content (AvgIpc) is 2.58. The van der Waals surface area contributed by atoms with Gasteiger partial charge in [-0.3, -0.25) is 14.7 Å². The Morgan fingerprint density at radius 1 is 1.20 bits per heavy atom. The molecule has 0 amide bonds. The number of hydrogen-bond acceptors (Lipinski definition) is 5. The molecular formula is C18H23N3O3S. The Morgan fingerprint density at radius 3 is 2.76 bits per heavy atom. The molecule has 3 rings (SSSR count). The summed E-state index contributed by atoms with van der Waals surface area (Å²) in [6.07, 6.45) is 0.776. The molecule has 0 fully saturated rings. The van der Waals surface area contributed by atoms with Gasteiger partial charge in [-0.05, 0) is 32.1 Å². The summed E-state index contributed by atoms with van der Waals surface area (Å²) in [7, 11) is 0. The molecule has 0 bridgehead atoms. The lowest BCUT2D eigenvalue weighted by Crippen LogP contribution is -2.35. The Balaban J connectivity index is 1.85. The quantitative estimate of drug-likeness (QED) is 0.774. The molecule has 0 atom stereocenters. The minimum atomic E-state index is -0.100. The molecule has 0 saturated heterocycles. The van der Waals surface area contributed by atoms with Gasteiger partial charge in [0.1, 0.15) is 0 Å². The van der Waals surface area contributed by atoms with E-state index in [9.17, 15) is 4.79 Å². The summed E-state index contributed by atoms with van der Waals surface area (Å²) in [5.41, 5.74) is 2.67. The molecule has 0 radical (unpaired) electrons. The maximum atomic E-state index is 12.2. The van der Waals surface area contributed by atoms with Crippen LogP contribution in [0.3, 0.4) is 0 Å². The molecule has 1 aromatic carbocycles. The van der Waals surface area contributed by atoms with Crippen LogP contribution in [0.4, 0.5) is 0 Å². The molecule has 134 valence electrons. The van der Waals surface area contributed by atoms with Crippen LogP contribution in [0.2, 0.25) is 0 Å². The highest BCUT2D eigenvalue weighted by molar-refractivity contribution is 7.71. The van der Waals surface area contributed by atoms with Crippen molar-refractivity contribution in [3.8, 4) is 11.5 Å². The van der Waals surface area contributed by atoms with Gasteiger partial charge in [0.2, 0.25) is 0 Å². The third-order valence-corrected chi connectivity index (χ3v) is 4.44. The molecule has 25 heavy (non-hydrogen) atoms. The van der Waals surface area contributed by atoms with Crippen LogP contribution in [0.15, 0.2) is 23.0 Å². The van der Waals surface area contributed by atoms with Crippen molar-refractivity contribution < 1.29 is 9.47 Å². The van der Waals surface area contributed by atoms with Crippen LogP contribution in [0, 0.1) is 4.77 Å². The van der Waals surface area contributed by atoms with E-state index in [2.05, 4.69) is 14.9 Å². The van der Waals surface area contributed by atoms with Gasteiger partial charge in [-0.2, -0.15) is 0 Å². The number of aromatic amines is 2. The topological polar surface area (TPSA) is 70.3 Å². The van der Waals surface area contributed by atoms with Crippen molar-refractivity contribution in [2.75, 3.05) is 19.8 Å². The lowest BCUT2D eigenvalue weighted by molar-refractivity contribution is 0.232. The largest absolute Gasteiger partial charge is 0.490 e. The lowest BCUT2D eigenvalue weighted by atomic mass is 10.1. The first kappa shape index (κ1) is 17.7. The molecule has 2 heterocycles. The number of rotatable bonds is 6. The molecule has 2 N–H and O–H groups in total. The molecule has 0 spiro atoms. The van der Waals surface area contributed by atoms with E-state index in [1.54, 1.807) is 0 Å². The molecular weight excluding hydrogens is 338 g/mol. The zero-order chi connectivity index (χ0) is 17.8. The summed E-state index contributed by atoms with van der Waals surface area (Å²) >= 11 is 5.05.